The molecular formula is C8H6ClN2. The molecule has 0 aliphatic rings. The fraction of sp³-hybridized carbons (Fsp3) is 0.125. The molecule has 0 atom stereocenters. The Morgan fingerprint density at radius 1 is 1.64 bits per heavy atom. The summed E-state index contributed by atoms with van der Waals surface area (Å²) in [4.78, 5) is 0. The van der Waals surface area contributed by atoms with E-state index in [9.17, 15) is 0 Å². The minimum atomic E-state index is 0.541. The van der Waals surface area contributed by atoms with Crippen molar-refractivity contribution in [2.45, 2.75) is 0 Å². The van der Waals surface area contributed by atoms with Crippen LogP contribution in [0.1, 0.15) is 0 Å². The number of benzene rings is 1. The lowest BCUT2D eigenvalue weighted by molar-refractivity contribution is 0.797. The number of hydrogen-bond donors (Lipinski definition) is 0. The molecular weight excluding hydrogens is 160 g/mol. The maximum atomic E-state index is 5.83. The zero-order chi connectivity index (χ0) is 7.84. The number of aromatic nitrogens is 2. The largest absolute Gasteiger partial charge is 0.266 e. The van der Waals surface area contributed by atoms with E-state index in [-0.39, 0.29) is 0 Å². The Hall–Kier alpha value is -1.02. The number of nitrogens with zero attached hydrogens (tertiary/aromatic N) is 2. The van der Waals surface area contributed by atoms with Gasteiger partial charge in [-0.05, 0) is 18.2 Å². The molecule has 0 aliphatic carbocycles. The van der Waals surface area contributed by atoms with Crippen LogP contribution >= 0.6 is 11.6 Å². The molecule has 0 fully saturated rings. The molecule has 0 bridgehead atoms. The molecule has 0 spiro atoms. The smallest absolute Gasteiger partial charge is 0.158 e. The lowest BCUT2D eigenvalue weighted by atomic mass is 10.3. The van der Waals surface area contributed by atoms with Crippen molar-refractivity contribution in [3.8, 4) is 0 Å². The predicted molar refractivity (Wildman–Crippen MR) is 44.6 cm³/mol. The van der Waals surface area contributed by atoms with Crippen molar-refractivity contribution in [1.29, 1.82) is 0 Å². The van der Waals surface area contributed by atoms with Crippen LogP contribution < -0.4 is 0 Å². The van der Waals surface area contributed by atoms with Crippen molar-refractivity contribution in [2.75, 3.05) is 0 Å². The molecule has 2 aromatic rings. The summed E-state index contributed by atoms with van der Waals surface area (Å²) in [6.45, 7) is 0. The molecule has 0 N–H and O–H groups in total. The normalized spacial score (nSPS) is 10.7. The van der Waals surface area contributed by atoms with Gasteiger partial charge in [-0.25, -0.2) is 0 Å². The number of hydrogen-bond acceptors (Lipinski definition) is 1. The molecule has 2 nitrogen and oxygen atoms in total. The van der Waals surface area contributed by atoms with E-state index < -0.39 is 0 Å². The molecule has 0 saturated heterocycles. The van der Waals surface area contributed by atoms with Crippen LogP contribution in [0.3, 0.4) is 0 Å². The third-order valence-electron chi connectivity index (χ3n) is 1.65. The summed E-state index contributed by atoms with van der Waals surface area (Å²) >= 11 is 5.83. The second-order valence-electron chi connectivity index (χ2n) is 2.36. The van der Waals surface area contributed by atoms with E-state index in [1.807, 2.05) is 25.2 Å². The van der Waals surface area contributed by atoms with Crippen molar-refractivity contribution in [3.05, 3.63) is 29.4 Å². The van der Waals surface area contributed by atoms with Crippen molar-refractivity contribution in [2.24, 2.45) is 7.05 Å². The summed E-state index contributed by atoms with van der Waals surface area (Å²) < 4.78 is 1.76. The Balaban J connectivity index is 2.95. The first-order chi connectivity index (χ1) is 5.29. The summed E-state index contributed by atoms with van der Waals surface area (Å²) in [7, 11) is 1.87. The van der Waals surface area contributed by atoms with Crippen molar-refractivity contribution in [1.82, 2.24) is 9.78 Å². The van der Waals surface area contributed by atoms with Gasteiger partial charge in [-0.3, -0.25) is 4.68 Å². The topological polar surface area (TPSA) is 17.8 Å². The van der Waals surface area contributed by atoms with Crippen LogP contribution in [0.5, 0.6) is 0 Å². The van der Waals surface area contributed by atoms with Gasteiger partial charge in [0.25, 0.3) is 0 Å². The van der Waals surface area contributed by atoms with Crippen molar-refractivity contribution in [3.63, 3.8) is 0 Å². The van der Waals surface area contributed by atoms with Gasteiger partial charge in [-0.1, -0.05) is 17.7 Å². The zero-order valence-electron chi connectivity index (χ0n) is 6.00. The highest BCUT2D eigenvalue weighted by molar-refractivity contribution is 6.34. The highest BCUT2D eigenvalue weighted by Gasteiger charge is 2.03. The molecule has 0 amide bonds. The molecule has 1 aromatic carbocycles. The average Bonchev–Trinajstić information content (AvgIpc) is 2.30. The number of fused-ring (bicyclic) bond motifs is 1. The Labute approximate surface area is 69.4 Å². The number of aryl methyl sites for hydroxylation is 1. The highest BCUT2D eigenvalue weighted by atomic mass is 35.5. The lowest BCUT2D eigenvalue weighted by Crippen LogP contribution is -1.87. The van der Waals surface area contributed by atoms with Gasteiger partial charge in [-0.2, -0.15) is 5.10 Å². The van der Waals surface area contributed by atoms with E-state index in [0.717, 1.165) is 10.9 Å². The molecule has 0 aliphatic heterocycles. The SMILES string of the molecule is Cn1nc(Cl)c2c[c]ccc21. The maximum Gasteiger partial charge on any atom is 0.158 e. The molecule has 0 saturated carbocycles. The van der Waals surface area contributed by atoms with Crippen LogP contribution in [0.4, 0.5) is 0 Å². The molecule has 3 heteroatoms. The quantitative estimate of drug-likeness (QED) is 0.584. The van der Waals surface area contributed by atoms with Gasteiger partial charge in [-0.15, -0.1) is 0 Å². The van der Waals surface area contributed by atoms with E-state index in [0.29, 0.717) is 5.15 Å². The first-order valence-corrected chi connectivity index (χ1v) is 3.65. The van der Waals surface area contributed by atoms with Gasteiger partial charge >= 0.3 is 0 Å². The van der Waals surface area contributed by atoms with Gasteiger partial charge in [0.1, 0.15) is 0 Å². The van der Waals surface area contributed by atoms with Crippen LogP contribution in [0.25, 0.3) is 10.9 Å². The van der Waals surface area contributed by atoms with Gasteiger partial charge in [0.2, 0.25) is 0 Å². The highest BCUT2D eigenvalue weighted by Crippen LogP contribution is 2.20. The van der Waals surface area contributed by atoms with E-state index in [2.05, 4.69) is 11.2 Å². The molecule has 1 heterocycles. The first-order valence-electron chi connectivity index (χ1n) is 3.27. The van der Waals surface area contributed by atoms with Gasteiger partial charge in [0.05, 0.1) is 5.52 Å². The molecule has 1 radical (unpaired) electrons. The monoisotopic (exact) mass is 165 g/mol. The van der Waals surface area contributed by atoms with Crippen molar-refractivity contribution >= 4 is 22.5 Å². The second-order valence-corrected chi connectivity index (χ2v) is 2.72. The second kappa shape index (κ2) is 2.24. The first kappa shape index (κ1) is 6.68. The van der Waals surface area contributed by atoms with Crippen LogP contribution in [-0.4, -0.2) is 9.78 Å². The summed E-state index contributed by atoms with van der Waals surface area (Å²) in [6.07, 6.45) is 0. The third-order valence-corrected chi connectivity index (χ3v) is 1.93. The Kier molecular flexibility index (Phi) is 1.36. The van der Waals surface area contributed by atoms with Gasteiger partial charge in [0.15, 0.2) is 5.15 Å². The average molecular weight is 166 g/mol. The fourth-order valence-electron chi connectivity index (χ4n) is 1.11. The molecule has 0 unspecified atom stereocenters. The summed E-state index contributed by atoms with van der Waals surface area (Å²) in [5.41, 5.74) is 1.04. The minimum absolute atomic E-state index is 0.541. The lowest BCUT2D eigenvalue weighted by Gasteiger charge is -1.89. The maximum absolute atomic E-state index is 5.83. The van der Waals surface area contributed by atoms with E-state index >= 15 is 0 Å². The van der Waals surface area contributed by atoms with Gasteiger partial charge in [0, 0.05) is 12.4 Å². The van der Waals surface area contributed by atoms with Crippen LogP contribution in [0.15, 0.2) is 18.2 Å². The zero-order valence-corrected chi connectivity index (χ0v) is 6.76. The molecule has 2 rings (SSSR count). The third kappa shape index (κ3) is 0.906. The van der Waals surface area contributed by atoms with E-state index in [1.54, 1.807) is 4.68 Å². The Bertz CT molecular complexity index is 356. The van der Waals surface area contributed by atoms with E-state index in [1.165, 1.54) is 0 Å². The van der Waals surface area contributed by atoms with Crippen molar-refractivity contribution < 1.29 is 0 Å². The predicted octanol–water partition coefficient (Wildman–Crippen LogP) is 2.03. The molecule has 55 valence electrons. The van der Waals surface area contributed by atoms with E-state index in [4.69, 9.17) is 11.6 Å². The Morgan fingerprint density at radius 3 is 3.18 bits per heavy atom. The van der Waals surface area contributed by atoms with Crippen LogP contribution in [0, 0.1) is 6.07 Å². The number of rotatable bonds is 0. The summed E-state index contributed by atoms with van der Waals surface area (Å²) in [5.74, 6) is 0. The Morgan fingerprint density at radius 2 is 2.45 bits per heavy atom. The minimum Gasteiger partial charge on any atom is -0.266 e. The van der Waals surface area contributed by atoms with Crippen LogP contribution in [-0.2, 0) is 7.05 Å². The molecule has 11 heavy (non-hydrogen) atoms. The molecule has 1 aromatic heterocycles. The summed E-state index contributed by atoms with van der Waals surface area (Å²) in [5, 5.41) is 5.55. The standard InChI is InChI=1S/C8H6ClN2/c1-11-7-5-3-2-4-6(7)8(9)10-11/h3-5H,1H3. The van der Waals surface area contributed by atoms with Gasteiger partial charge < -0.3 is 0 Å². The number of halogens is 1. The van der Waals surface area contributed by atoms with Crippen LogP contribution in [0.2, 0.25) is 5.15 Å². The fourth-order valence-corrected chi connectivity index (χ4v) is 1.37. The summed E-state index contributed by atoms with van der Waals surface area (Å²) in [6, 6.07) is 8.58.